The number of nitrogens with zero attached hydrogens (tertiary/aromatic N) is 4. The average molecular weight is 340 g/mol. The zero-order valence-electron chi connectivity index (χ0n) is 14.6. The Kier molecular flexibility index (Phi) is 4.42. The number of carbonyl (C=O) groups is 1. The van der Waals surface area contributed by atoms with Gasteiger partial charge in [-0.2, -0.15) is 0 Å². The maximum absolute atomic E-state index is 12.7. The number of aromatic nitrogens is 2. The van der Waals surface area contributed by atoms with Crippen LogP contribution in [0.25, 0.3) is 0 Å². The first kappa shape index (κ1) is 16.1. The van der Waals surface area contributed by atoms with Gasteiger partial charge in [0.25, 0.3) is 5.91 Å². The minimum absolute atomic E-state index is 0.00721. The summed E-state index contributed by atoms with van der Waals surface area (Å²) < 4.78 is 5.44. The highest BCUT2D eigenvalue weighted by atomic mass is 16.3. The van der Waals surface area contributed by atoms with Gasteiger partial charge in [0.05, 0.1) is 0 Å². The van der Waals surface area contributed by atoms with Crippen molar-refractivity contribution in [3.05, 3.63) is 42.4 Å². The molecule has 1 aliphatic carbocycles. The van der Waals surface area contributed by atoms with Crippen LogP contribution in [-0.2, 0) is 0 Å². The molecular formula is C19H24N4O2. The van der Waals surface area contributed by atoms with E-state index < -0.39 is 0 Å². The number of hydrogen-bond acceptors (Lipinski definition) is 5. The van der Waals surface area contributed by atoms with E-state index in [0.717, 1.165) is 51.1 Å². The maximum Gasteiger partial charge on any atom is 0.275 e. The largest absolute Gasteiger partial charge is 0.447 e. The molecule has 6 heteroatoms. The highest BCUT2D eigenvalue weighted by molar-refractivity contribution is 5.93. The van der Waals surface area contributed by atoms with Gasteiger partial charge < -0.3 is 14.2 Å². The van der Waals surface area contributed by atoms with Gasteiger partial charge in [-0.1, -0.05) is 0 Å². The van der Waals surface area contributed by atoms with Crippen molar-refractivity contribution in [2.75, 3.05) is 31.6 Å². The van der Waals surface area contributed by atoms with Crippen LogP contribution in [0.2, 0.25) is 0 Å². The summed E-state index contributed by atoms with van der Waals surface area (Å²) in [6.45, 7) is 2.82. The first-order valence-electron chi connectivity index (χ1n) is 9.06. The second-order valence-electron chi connectivity index (χ2n) is 7.16. The number of amides is 1. The molecule has 132 valence electrons. The molecule has 4 rings (SSSR count). The van der Waals surface area contributed by atoms with Crippen molar-refractivity contribution in [3.63, 3.8) is 0 Å². The number of hydrogen-bond donors (Lipinski definition) is 0. The molecule has 0 spiro atoms. The summed E-state index contributed by atoms with van der Waals surface area (Å²) in [7, 11) is 1.88. The monoisotopic (exact) mass is 340 g/mol. The third-order valence-electron chi connectivity index (χ3n) is 5.27. The van der Waals surface area contributed by atoms with E-state index in [2.05, 4.69) is 27.0 Å². The molecule has 0 unspecified atom stereocenters. The van der Waals surface area contributed by atoms with Crippen LogP contribution in [0.1, 0.15) is 47.8 Å². The van der Waals surface area contributed by atoms with Gasteiger partial charge in [0.2, 0.25) is 0 Å². The van der Waals surface area contributed by atoms with Gasteiger partial charge in [-0.3, -0.25) is 9.78 Å². The zero-order valence-corrected chi connectivity index (χ0v) is 14.6. The second-order valence-corrected chi connectivity index (χ2v) is 7.16. The molecule has 1 amide bonds. The van der Waals surface area contributed by atoms with Gasteiger partial charge in [-0.05, 0) is 43.7 Å². The van der Waals surface area contributed by atoms with E-state index in [1.807, 2.05) is 24.3 Å². The average Bonchev–Trinajstić information content (AvgIpc) is 3.39. The van der Waals surface area contributed by atoms with Crippen molar-refractivity contribution in [2.45, 2.75) is 31.6 Å². The standard InChI is InChI=1S/C19H24N4O2/c1-22(19(24)17-18(15-2-3-15)25-13-21-17)12-14-6-10-23(11-7-14)16-4-8-20-9-5-16/h4-5,8-9,13-15H,2-3,6-7,10-12H2,1H3. The van der Waals surface area contributed by atoms with Crippen molar-refractivity contribution >= 4 is 11.6 Å². The van der Waals surface area contributed by atoms with E-state index in [0.29, 0.717) is 17.5 Å². The van der Waals surface area contributed by atoms with Crippen LogP contribution >= 0.6 is 0 Å². The van der Waals surface area contributed by atoms with Gasteiger partial charge in [0, 0.05) is 50.7 Å². The number of rotatable bonds is 5. The third-order valence-corrected chi connectivity index (χ3v) is 5.27. The minimum atomic E-state index is -0.00721. The van der Waals surface area contributed by atoms with Crippen LogP contribution in [0, 0.1) is 5.92 Å². The van der Waals surface area contributed by atoms with Gasteiger partial charge in [-0.15, -0.1) is 0 Å². The van der Waals surface area contributed by atoms with E-state index in [-0.39, 0.29) is 5.91 Å². The number of piperidine rings is 1. The molecule has 1 saturated heterocycles. The summed E-state index contributed by atoms with van der Waals surface area (Å²) in [5, 5.41) is 0. The molecule has 1 aliphatic heterocycles. The lowest BCUT2D eigenvalue weighted by Crippen LogP contribution is -2.39. The zero-order chi connectivity index (χ0) is 17.2. The van der Waals surface area contributed by atoms with Crippen molar-refractivity contribution in [3.8, 4) is 0 Å². The second kappa shape index (κ2) is 6.86. The molecule has 0 radical (unpaired) electrons. The molecule has 1 saturated carbocycles. The molecule has 2 aliphatic rings. The third kappa shape index (κ3) is 3.52. The molecule has 3 heterocycles. The van der Waals surface area contributed by atoms with E-state index in [1.54, 1.807) is 0 Å². The molecule has 2 aromatic heterocycles. The first-order valence-corrected chi connectivity index (χ1v) is 9.06. The fourth-order valence-electron chi connectivity index (χ4n) is 3.63. The molecule has 0 N–H and O–H groups in total. The molecule has 2 fully saturated rings. The van der Waals surface area contributed by atoms with Crippen LogP contribution in [-0.4, -0.2) is 47.5 Å². The van der Waals surface area contributed by atoms with Gasteiger partial charge in [-0.25, -0.2) is 4.98 Å². The van der Waals surface area contributed by atoms with Crippen molar-refractivity contribution in [1.29, 1.82) is 0 Å². The highest BCUT2D eigenvalue weighted by Crippen LogP contribution is 2.41. The lowest BCUT2D eigenvalue weighted by Gasteiger charge is -2.35. The molecule has 2 aromatic rings. The SMILES string of the molecule is CN(CC1CCN(c2ccncc2)CC1)C(=O)c1ncoc1C1CC1. The Morgan fingerprint density at radius 1 is 1.24 bits per heavy atom. The van der Waals surface area contributed by atoms with Crippen molar-refractivity contribution < 1.29 is 9.21 Å². The molecule has 0 atom stereocenters. The van der Waals surface area contributed by atoms with Gasteiger partial charge in [0.15, 0.2) is 12.1 Å². The fraction of sp³-hybridized carbons (Fsp3) is 0.526. The lowest BCUT2D eigenvalue weighted by molar-refractivity contribution is 0.0757. The Bertz CT molecular complexity index is 718. The highest BCUT2D eigenvalue weighted by Gasteiger charge is 2.33. The topological polar surface area (TPSA) is 62.5 Å². The first-order chi connectivity index (χ1) is 12.2. The number of carbonyl (C=O) groups excluding carboxylic acids is 1. The summed E-state index contributed by atoms with van der Waals surface area (Å²) in [6.07, 6.45) is 9.47. The predicted octanol–water partition coefficient (Wildman–Crippen LogP) is 2.94. The van der Waals surface area contributed by atoms with Gasteiger partial charge in [0.1, 0.15) is 5.76 Å². The predicted molar refractivity (Wildman–Crippen MR) is 94.6 cm³/mol. The number of oxazole rings is 1. The molecular weight excluding hydrogens is 316 g/mol. The summed E-state index contributed by atoms with van der Waals surface area (Å²) in [5.41, 5.74) is 1.74. The smallest absolute Gasteiger partial charge is 0.275 e. The Morgan fingerprint density at radius 3 is 2.64 bits per heavy atom. The number of anilines is 1. The Hall–Kier alpha value is -2.37. The van der Waals surface area contributed by atoms with Crippen LogP contribution in [0.5, 0.6) is 0 Å². The fourth-order valence-corrected chi connectivity index (χ4v) is 3.63. The summed E-state index contributed by atoms with van der Waals surface area (Å²) in [4.78, 5) is 25.2. The van der Waals surface area contributed by atoms with Crippen LogP contribution < -0.4 is 4.90 Å². The Labute approximate surface area is 147 Å². The van der Waals surface area contributed by atoms with Crippen LogP contribution in [0.4, 0.5) is 5.69 Å². The van der Waals surface area contributed by atoms with E-state index in [4.69, 9.17) is 4.42 Å². The molecule has 0 bridgehead atoms. The lowest BCUT2D eigenvalue weighted by atomic mass is 9.96. The quantitative estimate of drug-likeness (QED) is 0.837. The summed E-state index contributed by atoms with van der Waals surface area (Å²) in [6, 6.07) is 4.11. The molecule has 25 heavy (non-hydrogen) atoms. The Balaban J connectivity index is 1.32. The maximum atomic E-state index is 12.7. The molecule has 6 nitrogen and oxygen atoms in total. The van der Waals surface area contributed by atoms with Crippen molar-refractivity contribution in [2.24, 2.45) is 5.92 Å². The summed E-state index contributed by atoms with van der Waals surface area (Å²) >= 11 is 0. The van der Waals surface area contributed by atoms with Crippen LogP contribution in [0.3, 0.4) is 0 Å². The normalized spacial score (nSPS) is 18.4. The summed E-state index contributed by atoms with van der Waals surface area (Å²) in [5.74, 6) is 1.71. The molecule has 0 aromatic carbocycles. The van der Waals surface area contributed by atoms with Crippen LogP contribution in [0.15, 0.2) is 35.3 Å². The Morgan fingerprint density at radius 2 is 1.96 bits per heavy atom. The van der Waals surface area contributed by atoms with Gasteiger partial charge >= 0.3 is 0 Å². The van der Waals surface area contributed by atoms with E-state index in [9.17, 15) is 4.79 Å². The number of pyridine rings is 1. The van der Waals surface area contributed by atoms with E-state index >= 15 is 0 Å². The van der Waals surface area contributed by atoms with Crippen molar-refractivity contribution in [1.82, 2.24) is 14.9 Å². The minimum Gasteiger partial charge on any atom is -0.447 e. The van der Waals surface area contributed by atoms with E-state index in [1.165, 1.54) is 12.1 Å².